The molecule has 0 radical (unpaired) electrons. The molecule has 4 heteroatoms. The van der Waals surface area contributed by atoms with Crippen LogP contribution in [-0.4, -0.2) is 48.6 Å². The Morgan fingerprint density at radius 2 is 0.923 bits per heavy atom. The molecule has 0 spiro atoms. The highest BCUT2D eigenvalue weighted by Crippen LogP contribution is 2.06. The molecule has 0 rings (SSSR count). The van der Waals surface area contributed by atoms with Crippen LogP contribution in [0, 0.1) is 0 Å². The second-order valence-electron chi connectivity index (χ2n) is 7.83. The summed E-state index contributed by atoms with van der Waals surface area (Å²) in [6.45, 7) is 7.95. The summed E-state index contributed by atoms with van der Waals surface area (Å²) < 4.78 is 0. The van der Waals surface area contributed by atoms with Crippen molar-refractivity contribution in [1.29, 1.82) is 0 Å². The lowest BCUT2D eigenvalue weighted by Gasteiger charge is -2.12. The predicted octanol–water partition coefficient (Wildman–Crippen LogP) is 4.39. The van der Waals surface area contributed by atoms with Gasteiger partial charge in [-0.15, -0.1) is 0 Å². The molecular weight excluding hydrogens is 324 g/mol. The molecular formula is C22H48N2O2. The molecule has 4 nitrogen and oxygen atoms in total. The van der Waals surface area contributed by atoms with Gasteiger partial charge in [-0.05, 0) is 38.8 Å². The second kappa shape index (κ2) is 21.1. The number of hydrogen-bond acceptors (Lipinski definition) is 4. The van der Waals surface area contributed by atoms with Crippen molar-refractivity contribution in [3.63, 3.8) is 0 Å². The first-order valence-electron chi connectivity index (χ1n) is 11.5. The molecule has 0 aromatic rings. The van der Waals surface area contributed by atoms with Gasteiger partial charge in [-0.2, -0.15) is 0 Å². The molecule has 26 heavy (non-hydrogen) atoms. The monoisotopic (exact) mass is 372 g/mol. The summed E-state index contributed by atoms with van der Waals surface area (Å²) in [5, 5.41) is 26.4. The summed E-state index contributed by atoms with van der Waals surface area (Å²) in [4.78, 5) is 0. The number of aliphatic hydroxyl groups excluding tert-OH is 2. The van der Waals surface area contributed by atoms with E-state index in [-0.39, 0.29) is 12.2 Å². The van der Waals surface area contributed by atoms with Gasteiger partial charge >= 0.3 is 0 Å². The Morgan fingerprint density at radius 3 is 1.31 bits per heavy atom. The third kappa shape index (κ3) is 20.2. The van der Waals surface area contributed by atoms with Crippen LogP contribution in [0.5, 0.6) is 0 Å². The van der Waals surface area contributed by atoms with Crippen molar-refractivity contribution in [3.05, 3.63) is 0 Å². The molecule has 0 amide bonds. The quantitative estimate of drug-likeness (QED) is 0.226. The first-order chi connectivity index (χ1) is 12.7. The number of unbranched alkanes of at least 4 members (excludes halogenated alkanes) is 9. The molecule has 0 aliphatic heterocycles. The molecule has 2 unspecified atom stereocenters. The molecule has 0 bridgehead atoms. The van der Waals surface area contributed by atoms with Crippen molar-refractivity contribution < 1.29 is 10.2 Å². The zero-order chi connectivity index (χ0) is 19.3. The molecule has 0 aliphatic rings. The topological polar surface area (TPSA) is 64.5 Å². The van der Waals surface area contributed by atoms with E-state index in [9.17, 15) is 10.2 Å². The van der Waals surface area contributed by atoms with Crippen LogP contribution in [-0.2, 0) is 0 Å². The zero-order valence-corrected chi connectivity index (χ0v) is 17.8. The van der Waals surface area contributed by atoms with Crippen LogP contribution in [0.2, 0.25) is 0 Å². The molecule has 0 aromatic heterocycles. The van der Waals surface area contributed by atoms with E-state index in [0.29, 0.717) is 0 Å². The molecule has 158 valence electrons. The Bertz CT molecular complexity index is 239. The largest absolute Gasteiger partial charge is 0.392 e. The fraction of sp³-hybridized carbons (Fsp3) is 1.00. The van der Waals surface area contributed by atoms with Crippen LogP contribution < -0.4 is 10.6 Å². The van der Waals surface area contributed by atoms with Gasteiger partial charge in [-0.3, -0.25) is 0 Å². The van der Waals surface area contributed by atoms with E-state index >= 15 is 0 Å². The first-order valence-corrected chi connectivity index (χ1v) is 11.5. The fourth-order valence-electron chi connectivity index (χ4n) is 3.21. The van der Waals surface area contributed by atoms with Gasteiger partial charge in [0.25, 0.3) is 0 Å². The minimum Gasteiger partial charge on any atom is -0.392 e. The minimum atomic E-state index is -0.167. The smallest absolute Gasteiger partial charge is 0.0664 e. The standard InChI is InChI=1S/C22H48N2O2/c1-3-5-11-15-21(25)19-23-17-13-9-7-8-10-14-18-24-20-22(26)16-12-6-4-2/h21-26H,3-20H2,1-2H3. The average Bonchev–Trinajstić information content (AvgIpc) is 2.63. The molecule has 4 N–H and O–H groups in total. The third-order valence-corrected chi connectivity index (χ3v) is 5.00. The predicted molar refractivity (Wildman–Crippen MR) is 114 cm³/mol. The van der Waals surface area contributed by atoms with Crippen LogP contribution >= 0.6 is 0 Å². The van der Waals surface area contributed by atoms with E-state index in [0.717, 1.165) is 51.9 Å². The molecule has 0 aromatic carbocycles. The summed E-state index contributed by atoms with van der Waals surface area (Å²) in [7, 11) is 0. The van der Waals surface area contributed by atoms with Crippen molar-refractivity contribution in [1.82, 2.24) is 10.6 Å². The van der Waals surface area contributed by atoms with Crippen molar-refractivity contribution in [2.45, 2.75) is 116 Å². The Labute approximate surface area is 163 Å². The Kier molecular flexibility index (Phi) is 21.0. The fourth-order valence-corrected chi connectivity index (χ4v) is 3.21. The highest BCUT2D eigenvalue weighted by molar-refractivity contribution is 4.61. The average molecular weight is 373 g/mol. The van der Waals surface area contributed by atoms with Crippen LogP contribution in [0.3, 0.4) is 0 Å². The summed E-state index contributed by atoms with van der Waals surface area (Å²) >= 11 is 0. The van der Waals surface area contributed by atoms with Crippen molar-refractivity contribution in [2.24, 2.45) is 0 Å². The van der Waals surface area contributed by atoms with Gasteiger partial charge in [-0.25, -0.2) is 0 Å². The summed E-state index contributed by atoms with van der Waals surface area (Å²) in [6.07, 6.45) is 16.3. The van der Waals surface area contributed by atoms with Gasteiger partial charge in [0.1, 0.15) is 0 Å². The minimum absolute atomic E-state index is 0.167. The summed E-state index contributed by atoms with van der Waals surface area (Å²) in [5.74, 6) is 0. The van der Waals surface area contributed by atoms with E-state index in [4.69, 9.17) is 0 Å². The Hall–Kier alpha value is -0.160. The SMILES string of the molecule is CCCCCC(O)CNCCCCCCCCNCC(O)CCCCC. The molecule has 0 heterocycles. The van der Waals surface area contributed by atoms with Crippen LogP contribution in [0.15, 0.2) is 0 Å². The van der Waals surface area contributed by atoms with Crippen LogP contribution in [0.25, 0.3) is 0 Å². The normalized spacial score (nSPS) is 13.8. The van der Waals surface area contributed by atoms with E-state index in [2.05, 4.69) is 24.5 Å². The first kappa shape index (κ1) is 25.8. The van der Waals surface area contributed by atoms with Gasteiger partial charge < -0.3 is 20.8 Å². The molecule has 0 aliphatic carbocycles. The molecule has 0 saturated heterocycles. The maximum Gasteiger partial charge on any atom is 0.0664 e. The van der Waals surface area contributed by atoms with E-state index in [1.165, 1.54) is 64.2 Å². The maximum absolute atomic E-state index is 9.82. The zero-order valence-electron chi connectivity index (χ0n) is 17.8. The van der Waals surface area contributed by atoms with E-state index in [1.807, 2.05) is 0 Å². The van der Waals surface area contributed by atoms with Gasteiger partial charge in [0, 0.05) is 13.1 Å². The Balaban J connectivity index is 3.15. The van der Waals surface area contributed by atoms with Crippen molar-refractivity contribution >= 4 is 0 Å². The summed E-state index contributed by atoms with van der Waals surface area (Å²) in [6, 6.07) is 0. The highest BCUT2D eigenvalue weighted by Gasteiger charge is 2.03. The van der Waals surface area contributed by atoms with Crippen LogP contribution in [0.4, 0.5) is 0 Å². The second-order valence-corrected chi connectivity index (χ2v) is 7.83. The lowest BCUT2D eigenvalue weighted by atomic mass is 10.1. The molecule has 0 saturated carbocycles. The lowest BCUT2D eigenvalue weighted by Crippen LogP contribution is -2.27. The lowest BCUT2D eigenvalue weighted by molar-refractivity contribution is 0.157. The number of hydrogen-bond donors (Lipinski definition) is 4. The van der Waals surface area contributed by atoms with Gasteiger partial charge in [0.2, 0.25) is 0 Å². The number of nitrogens with one attached hydrogen (secondary N) is 2. The Morgan fingerprint density at radius 1 is 0.538 bits per heavy atom. The molecule has 2 atom stereocenters. The third-order valence-electron chi connectivity index (χ3n) is 5.00. The summed E-state index contributed by atoms with van der Waals surface area (Å²) in [5.41, 5.74) is 0. The van der Waals surface area contributed by atoms with Crippen LogP contribution in [0.1, 0.15) is 104 Å². The van der Waals surface area contributed by atoms with E-state index in [1.54, 1.807) is 0 Å². The molecule has 0 fully saturated rings. The van der Waals surface area contributed by atoms with Gasteiger partial charge in [0.05, 0.1) is 12.2 Å². The van der Waals surface area contributed by atoms with Gasteiger partial charge in [-0.1, -0.05) is 78.1 Å². The number of aliphatic hydroxyl groups is 2. The van der Waals surface area contributed by atoms with Gasteiger partial charge in [0.15, 0.2) is 0 Å². The van der Waals surface area contributed by atoms with Crippen molar-refractivity contribution in [3.8, 4) is 0 Å². The number of rotatable bonds is 21. The highest BCUT2D eigenvalue weighted by atomic mass is 16.3. The van der Waals surface area contributed by atoms with Crippen molar-refractivity contribution in [2.75, 3.05) is 26.2 Å². The maximum atomic E-state index is 9.82. The van der Waals surface area contributed by atoms with E-state index < -0.39 is 0 Å².